The Kier molecular flexibility index (Phi) is 7.43. The third kappa shape index (κ3) is 7.12. The van der Waals surface area contributed by atoms with E-state index in [1.165, 1.54) is 0 Å². The normalized spacial score (nSPS) is 10.3. The number of aromatic nitrogens is 3. The number of ether oxygens (including phenoxy) is 1. The summed E-state index contributed by atoms with van der Waals surface area (Å²) in [5, 5.41) is 3.11. The molecule has 1 heterocycles. The van der Waals surface area contributed by atoms with Gasteiger partial charge in [0.05, 0.1) is 6.61 Å². The SMILES string of the molecule is CCOC(=O)CCCCCNc1nc(Cl)nc(Cl)n1. The molecular weight excluding hydrogens is 291 g/mol. The van der Waals surface area contributed by atoms with E-state index in [1.54, 1.807) is 6.92 Å². The quantitative estimate of drug-likeness (QED) is 0.588. The Morgan fingerprint density at radius 2 is 1.84 bits per heavy atom. The molecule has 0 aliphatic heterocycles. The highest BCUT2D eigenvalue weighted by Gasteiger charge is 2.03. The minimum atomic E-state index is -0.147. The summed E-state index contributed by atoms with van der Waals surface area (Å²) in [6.45, 7) is 2.91. The van der Waals surface area contributed by atoms with Crippen molar-refractivity contribution in [2.75, 3.05) is 18.5 Å². The number of esters is 1. The molecule has 0 fully saturated rings. The number of unbranched alkanes of at least 4 members (excludes halogenated alkanes) is 2. The second-order valence-electron chi connectivity index (χ2n) is 3.74. The van der Waals surface area contributed by atoms with E-state index in [0.29, 0.717) is 25.5 Å². The minimum Gasteiger partial charge on any atom is -0.466 e. The van der Waals surface area contributed by atoms with Crippen LogP contribution in [0.1, 0.15) is 32.6 Å². The van der Waals surface area contributed by atoms with E-state index in [4.69, 9.17) is 27.9 Å². The molecule has 19 heavy (non-hydrogen) atoms. The number of halogens is 2. The second kappa shape index (κ2) is 8.87. The average Bonchev–Trinajstić information content (AvgIpc) is 2.32. The van der Waals surface area contributed by atoms with Crippen LogP contribution in [0.4, 0.5) is 5.95 Å². The fraction of sp³-hybridized carbons (Fsp3) is 0.636. The number of carbonyl (C=O) groups is 1. The number of carbonyl (C=O) groups excluding carboxylic acids is 1. The van der Waals surface area contributed by atoms with Gasteiger partial charge in [-0.2, -0.15) is 15.0 Å². The predicted molar refractivity (Wildman–Crippen MR) is 73.4 cm³/mol. The fourth-order valence-corrected chi connectivity index (χ4v) is 1.77. The van der Waals surface area contributed by atoms with E-state index < -0.39 is 0 Å². The smallest absolute Gasteiger partial charge is 0.305 e. The molecule has 0 amide bonds. The highest BCUT2D eigenvalue weighted by Crippen LogP contribution is 2.10. The molecule has 1 aromatic rings. The largest absolute Gasteiger partial charge is 0.466 e. The van der Waals surface area contributed by atoms with Crippen LogP contribution in [0, 0.1) is 0 Å². The molecule has 106 valence electrons. The highest BCUT2D eigenvalue weighted by molar-refractivity contribution is 6.31. The van der Waals surface area contributed by atoms with Crippen molar-refractivity contribution in [3.63, 3.8) is 0 Å². The van der Waals surface area contributed by atoms with Crippen molar-refractivity contribution in [2.24, 2.45) is 0 Å². The van der Waals surface area contributed by atoms with Crippen LogP contribution in [0.3, 0.4) is 0 Å². The summed E-state index contributed by atoms with van der Waals surface area (Å²) in [7, 11) is 0. The monoisotopic (exact) mass is 306 g/mol. The van der Waals surface area contributed by atoms with E-state index in [2.05, 4.69) is 20.3 Å². The first kappa shape index (κ1) is 15.9. The van der Waals surface area contributed by atoms with E-state index in [1.807, 2.05) is 0 Å². The van der Waals surface area contributed by atoms with Gasteiger partial charge in [-0.05, 0) is 43.0 Å². The molecular formula is C11H16Cl2N4O2. The van der Waals surface area contributed by atoms with Crippen LogP contribution >= 0.6 is 23.2 Å². The molecule has 0 atom stereocenters. The molecule has 1 N–H and O–H groups in total. The average molecular weight is 307 g/mol. The van der Waals surface area contributed by atoms with Gasteiger partial charge in [-0.3, -0.25) is 4.79 Å². The molecule has 0 aliphatic rings. The van der Waals surface area contributed by atoms with Crippen molar-refractivity contribution in [3.8, 4) is 0 Å². The van der Waals surface area contributed by atoms with Gasteiger partial charge in [-0.15, -0.1) is 0 Å². The Morgan fingerprint density at radius 1 is 1.16 bits per heavy atom. The molecule has 1 aromatic heterocycles. The van der Waals surface area contributed by atoms with Crippen molar-refractivity contribution in [2.45, 2.75) is 32.6 Å². The lowest BCUT2D eigenvalue weighted by molar-refractivity contribution is -0.143. The van der Waals surface area contributed by atoms with Crippen LogP contribution < -0.4 is 5.32 Å². The number of nitrogens with zero attached hydrogens (tertiary/aromatic N) is 3. The number of hydrogen-bond donors (Lipinski definition) is 1. The molecule has 0 saturated heterocycles. The molecule has 0 aliphatic carbocycles. The summed E-state index contributed by atoms with van der Waals surface area (Å²) in [5.41, 5.74) is 0. The van der Waals surface area contributed by atoms with Gasteiger partial charge < -0.3 is 10.1 Å². The first-order valence-corrected chi connectivity index (χ1v) is 6.84. The Hall–Kier alpha value is -1.14. The summed E-state index contributed by atoms with van der Waals surface area (Å²) in [6, 6.07) is 0. The zero-order chi connectivity index (χ0) is 14.1. The van der Waals surface area contributed by atoms with Gasteiger partial charge in [0.1, 0.15) is 0 Å². The maximum atomic E-state index is 11.1. The van der Waals surface area contributed by atoms with Gasteiger partial charge in [-0.1, -0.05) is 6.42 Å². The van der Waals surface area contributed by atoms with Gasteiger partial charge in [0.2, 0.25) is 16.5 Å². The lowest BCUT2D eigenvalue weighted by Crippen LogP contribution is -2.07. The van der Waals surface area contributed by atoms with Crippen molar-refractivity contribution in [1.82, 2.24) is 15.0 Å². The first-order valence-electron chi connectivity index (χ1n) is 6.08. The van der Waals surface area contributed by atoms with E-state index >= 15 is 0 Å². The predicted octanol–water partition coefficient (Wildman–Crippen LogP) is 2.71. The molecule has 8 heteroatoms. The third-order valence-electron chi connectivity index (χ3n) is 2.23. The van der Waals surface area contributed by atoms with Crippen molar-refractivity contribution >= 4 is 35.1 Å². The third-order valence-corrected chi connectivity index (χ3v) is 2.57. The van der Waals surface area contributed by atoms with E-state index in [0.717, 1.165) is 19.3 Å². The van der Waals surface area contributed by atoms with Gasteiger partial charge >= 0.3 is 5.97 Å². The molecule has 0 unspecified atom stereocenters. The van der Waals surface area contributed by atoms with Crippen LogP contribution in [0.5, 0.6) is 0 Å². The lowest BCUT2D eigenvalue weighted by atomic mass is 10.2. The van der Waals surface area contributed by atoms with E-state index in [-0.39, 0.29) is 16.5 Å². The lowest BCUT2D eigenvalue weighted by Gasteiger charge is -2.05. The second-order valence-corrected chi connectivity index (χ2v) is 4.42. The van der Waals surface area contributed by atoms with Gasteiger partial charge in [0.15, 0.2) is 0 Å². The summed E-state index contributed by atoms with van der Waals surface area (Å²) in [6.07, 6.45) is 3.06. The number of rotatable bonds is 8. The number of hydrogen-bond acceptors (Lipinski definition) is 6. The zero-order valence-corrected chi connectivity index (χ0v) is 12.2. The van der Waals surface area contributed by atoms with Crippen molar-refractivity contribution in [3.05, 3.63) is 10.6 Å². The Labute approximate surface area is 121 Å². The molecule has 0 bridgehead atoms. The summed E-state index contributed by atoms with van der Waals surface area (Å²) < 4.78 is 4.83. The first-order chi connectivity index (χ1) is 9.11. The van der Waals surface area contributed by atoms with Gasteiger partial charge in [0, 0.05) is 13.0 Å². The topological polar surface area (TPSA) is 77.0 Å². The fourth-order valence-electron chi connectivity index (χ4n) is 1.41. The van der Waals surface area contributed by atoms with Gasteiger partial charge in [-0.25, -0.2) is 0 Å². The molecule has 0 radical (unpaired) electrons. The summed E-state index contributed by atoms with van der Waals surface area (Å²) >= 11 is 11.3. The summed E-state index contributed by atoms with van der Waals surface area (Å²) in [5.74, 6) is 0.210. The molecule has 1 rings (SSSR count). The van der Waals surface area contributed by atoms with Crippen molar-refractivity contribution in [1.29, 1.82) is 0 Å². The van der Waals surface area contributed by atoms with E-state index in [9.17, 15) is 4.79 Å². The molecule has 0 spiro atoms. The van der Waals surface area contributed by atoms with Crippen LogP contribution in [0.15, 0.2) is 0 Å². The van der Waals surface area contributed by atoms with Crippen LogP contribution in [0.2, 0.25) is 10.6 Å². The molecule has 6 nitrogen and oxygen atoms in total. The van der Waals surface area contributed by atoms with Crippen LogP contribution in [-0.4, -0.2) is 34.1 Å². The Bertz CT molecular complexity index is 397. The zero-order valence-electron chi connectivity index (χ0n) is 10.7. The van der Waals surface area contributed by atoms with Crippen LogP contribution in [-0.2, 0) is 9.53 Å². The minimum absolute atomic E-state index is 0.0600. The molecule has 0 aromatic carbocycles. The standard InChI is InChI=1S/C11H16Cl2N4O2/c1-2-19-8(18)6-4-3-5-7-14-11-16-9(12)15-10(13)17-11/h2-7H2,1H3,(H,14,15,16,17). The maximum Gasteiger partial charge on any atom is 0.305 e. The Morgan fingerprint density at radius 3 is 2.47 bits per heavy atom. The molecule has 0 saturated carbocycles. The highest BCUT2D eigenvalue weighted by atomic mass is 35.5. The van der Waals surface area contributed by atoms with Gasteiger partial charge in [0.25, 0.3) is 0 Å². The maximum absolute atomic E-state index is 11.1. The summed E-state index contributed by atoms with van der Waals surface area (Å²) in [4.78, 5) is 22.5. The Balaban J connectivity index is 2.12. The number of nitrogens with one attached hydrogen (secondary N) is 1. The van der Waals surface area contributed by atoms with Crippen molar-refractivity contribution < 1.29 is 9.53 Å². The van der Waals surface area contributed by atoms with Crippen LogP contribution in [0.25, 0.3) is 0 Å². The number of anilines is 1.